The van der Waals surface area contributed by atoms with Gasteiger partial charge in [0.25, 0.3) is 0 Å². The van der Waals surface area contributed by atoms with Gasteiger partial charge in [0.05, 0.1) is 22.4 Å². The zero-order valence-electron chi connectivity index (χ0n) is 9.11. The molecular weight excluding hydrogens is 224 g/mol. The monoisotopic (exact) mass is 236 g/mol. The molecule has 5 heteroatoms. The van der Waals surface area contributed by atoms with Gasteiger partial charge in [-0.15, -0.1) is 0 Å². The summed E-state index contributed by atoms with van der Waals surface area (Å²) < 4.78 is 5.92. The molecule has 2 aromatic rings. The van der Waals surface area contributed by atoms with Crippen molar-refractivity contribution in [3.8, 4) is 0 Å². The number of nitrogens with zero attached hydrogens (tertiary/aromatic N) is 1. The van der Waals surface area contributed by atoms with E-state index < -0.39 is 0 Å². The molecule has 0 atom stereocenters. The van der Waals surface area contributed by atoms with Crippen LogP contribution in [0.4, 0.5) is 5.13 Å². The van der Waals surface area contributed by atoms with Crippen LogP contribution < -0.4 is 5.32 Å². The molecule has 1 heterocycles. The van der Waals surface area contributed by atoms with Crippen LogP contribution in [0.3, 0.4) is 0 Å². The Balaban J connectivity index is 2.39. The van der Waals surface area contributed by atoms with E-state index in [0.29, 0.717) is 12.2 Å². The van der Waals surface area contributed by atoms with Crippen LogP contribution in [-0.4, -0.2) is 24.6 Å². The molecule has 0 saturated heterocycles. The van der Waals surface area contributed by atoms with E-state index in [9.17, 15) is 4.79 Å². The number of rotatable bonds is 3. The minimum absolute atomic E-state index is 0.288. The van der Waals surface area contributed by atoms with Gasteiger partial charge in [0.1, 0.15) is 0 Å². The predicted molar refractivity (Wildman–Crippen MR) is 65.1 cm³/mol. The molecule has 2 rings (SSSR count). The zero-order valence-corrected chi connectivity index (χ0v) is 9.93. The first-order valence-electron chi connectivity index (χ1n) is 5.00. The molecule has 0 bridgehead atoms. The van der Waals surface area contributed by atoms with E-state index in [4.69, 9.17) is 4.74 Å². The molecule has 0 radical (unpaired) electrons. The van der Waals surface area contributed by atoms with E-state index in [1.807, 2.05) is 19.2 Å². The Kier molecular flexibility index (Phi) is 3.05. The molecule has 0 spiro atoms. The topological polar surface area (TPSA) is 51.2 Å². The normalized spacial score (nSPS) is 10.4. The van der Waals surface area contributed by atoms with Crippen molar-refractivity contribution in [2.24, 2.45) is 0 Å². The number of fused-ring (bicyclic) bond motifs is 1. The summed E-state index contributed by atoms with van der Waals surface area (Å²) in [5.41, 5.74) is 1.46. The van der Waals surface area contributed by atoms with E-state index in [1.165, 1.54) is 11.3 Å². The smallest absolute Gasteiger partial charge is 0.338 e. The summed E-state index contributed by atoms with van der Waals surface area (Å²) in [6, 6.07) is 5.38. The Morgan fingerprint density at radius 1 is 1.56 bits per heavy atom. The van der Waals surface area contributed by atoms with Gasteiger partial charge in [-0.2, -0.15) is 0 Å². The highest BCUT2D eigenvalue weighted by Gasteiger charge is 2.09. The van der Waals surface area contributed by atoms with Crippen LogP contribution in [0.1, 0.15) is 17.3 Å². The number of carbonyl (C=O) groups excluding carboxylic acids is 1. The van der Waals surface area contributed by atoms with Crippen LogP contribution in [0.2, 0.25) is 0 Å². The summed E-state index contributed by atoms with van der Waals surface area (Å²) in [6.45, 7) is 2.18. The summed E-state index contributed by atoms with van der Waals surface area (Å²) in [5, 5.41) is 3.82. The summed E-state index contributed by atoms with van der Waals surface area (Å²) in [7, 11) is 1.82. The van der Waals surface area contributed by atoms with Gasteiger partial charge in [0.15, 0.2) is 5.13 Å². The van der Waals surface area contributed by atoms with Gasteiger partial charge in [-0.05, 0) is 25.1 Å². The average Bonchev–Trinajstić information content (AvgIpc) is 2.70. The van der Waals surface area contributed by atoms with Crippen molar-refractivity contribution >= 4 is 32.7 Å². The Bertz CT molecular complexity index is 522. The number of carbonyl (C=O) groups is 1. The highest BCUT2D eigenvalue weighted by Crippen LogP contribution is 2.26. The molecular formula is C11H12N2O2S. The molecule has 0 saturated carbocycles. The molecule has 4 nitrogen and oxygen atoms in total. The molecule has 0 fully saturated rings. The molecule has 0 aliphatic rings. The Labute approximate surface area is 97.3 Å². The van der Waals surface area contributed by atoms with E-state index in [-0.39, 0.29) is 5.97 Å². The Morgan fingerprint density at radius 3 is 3.06 bits per heavy atom. The van der Waals surface area contributed by atoms with Crippen LogP contribution in [0.25, 0.3) is 10.2 Å². The average molecular weight is 236 g/mol. The fourth-order valence-electron chi connectivity index (χ4n) is 1.37. The Morgan fingerprint density at radius 2 is 2.38 bits per heavy atom. The summed E-state index contributed by atoms with van der Waals surface area (Å²) in [5.74, 6) is -0.288. The van der Waals surface area contributed by atoms with E-state index in [0.717, 1.165) is 15.3 Å². The number of nitrogens with one attached hydrogen (secondary N) is 1. The van der Waals surface area contributed by atoms with Crippen LogP contribution in [0.15, 0.2) is 18.2 Å². The SMILES string of the molecule is CCOC(=O)c1ccc2nc(NC)sc2c1. The van der Waals surface area contributed by atoms with Crippen LogP contribution in [-0.2, 0) is 4.74 Å². The third-order valence-corrected chi connectivity index (χ3v) is 3.15. The number of aromatic nitrogens is 1. The van der Waals surface area contributed by atoms with E-state index in [2.05, 4.69) is 10.3 Å². The van der Waals surface area contributed by atoms with Crippen molar-refractivity contribution in [3.63, 3.8) is 0 Å². The van der Waals surface area contributed by atoms with Gasteiger partial charge in [-0.1, -0.05) is 11.3 Å². The van der Waals surface area contributed by atoms with Crippen molar-refractivity contribution in [2.75, 3.05) is 19.0 Å². The first-order chi connectivity index (χ1) is 7.74. The molecule has 16 heavy (non-hydrogen) atoms. The van der Waals surface area contributed by atoms with E-state index >= 15 is 0 Å². The van der Waals surface area contributed by atoms with Crippen LogP contribution >= 0.6 is 11.3 Å². The number of esters is 1. The van der Waals surface area contributed by atoms with Gasteiger partial charge in [-0.25, -0.2) is 9.78 Å². The fraction of sp³-hybridized carbons (Fsp3) is 0.273. The number of ether oxygens (including phenoxy) is 1. The van der Waals surface area contributed by atoms with Crippen molar-refractivity contribution in [2.45, 2.75) is 6.92 Å². The van der Waals surface area contributed by atoms with Crippen LogP contribution in [0, 0.1) is 0 Å². The molecule has 84 valence electrons. The minimum atomic E-state index is -0.288. The van der Waals surface area contributed by atoms with E-state index in [1.54, 1.807) is 13.0 Å². The molecule has 1 aromatic carbocycles. The Hall–Kier alpha value is -1.62. The lowest BCUT2D eigenvalue weighted by molar-refractivity contribution is 0.0526. The third kappa shape index (κ3) is 1.99. The number of anilines is 1. The lowest BCUT2D eigenvalue weighted by atomic mass is 10.2. The highest BCUT2D eigenvalue weighted by molar-refractivity contribution is 7.22. The maximum Gasteiger partial charge on any atom is 0.338 e. The maximum absolute atomic E-state index is 11.5. The predicted octanol–water partition coefficient (Wildman–Crippen LogP) is 2.51. The second kappa shape index (κ2) is 4.49. The standard InChI is InChI=1S/C11H12N2O2S/c1-3-15-10(14)7-4-5-8-9(6-7)16-11(12-2)13-8/h4-6H,3H2,1-2H3,(H,12,13). The minimum Gasteiger partial charge on any atom is -0.462 e. The van der Waals surface area contributed by atoms with Gasteiger partial charge >= 0.3 is 5.97 Å². The number of benzene rings is 1. The molecule has 0 amide bonds. The summed E-state index contributed by atoms with van der Waals surface area (Å²) >= 11 is 1.52. The highest BCUT2D eigenvalue weighted by atomic mass is 32.1. The molecule has 0 aliphatic heterocycles. The zero-order chi connectivity index (χ0) is 11.5. The molecule has 0 aliphatic carbocycles. The quantitative estimate of drug-likeness (QED) is 0.832. The van der Waals surface area contributed by atoms with Crippen molar-refractivity contribution < 1.29 is 9.53 Å². The molecule has 1 N–H and O–H groups in total. The third-order valence-electron chi connectivity index (χ3n) is 2.11. The first-order valence-corrected chi connectivity index (χ1v) is 5.81. The second-order valence-corrected chi connectivity index (χ2v) is 4.20. The van der Waals surface area contributed by atoms with Crippen molar-refractivity contribution in [1.29, 1.82) is 0 Å². The second-order valence-electron chi connectivity index (χ2n) is 3.17. The largest absolute Gasteiger partial charge is 0.462 e. The first kappa shape index (κ1) is 10.9. The maximum atomic E-state index is 11.5. The van der Waals surface area contributed by atoms with Gasteiger partial charge in [0.2, 0.25) is 0 Å². The van der Waals surface area contributed by atoms with Gasteiger partial charge in [0, 0.05) is 7.05 Å². The number of thiazole rings is 1. The van der Waals surface area contributed by atoms with Crippen LogP contribution in [0.5, 0.6) is 0 Å². The lowest BCUT2D eigenvalue weighted by Gasteiger charge is -2.00. The van der Waals surface area contributed by atoms with Gasteiger partial charge < -0.3 is 10.1 Å². The van der Waals surface area contributed by atoms with Crippen molar-refractivity contribution in [3.05, 3.63) is 23.8 Å². The lowest BCUT2D eigenvalue weighted by Crippen LogP contribution is -2.03. The summed E-state index contributed by atoms with van der Waals surface area (Å²) in [4.78, 5) is 15.8. The summed E-state index contributed by atoms with van der Waals surface area (Å²) in [6.07, 6.45) is 0. The fourth-order valence-corrected chi connectivity index (χ4v) is 2.23. The number of hydrogen-bond acceptors (Lipinski definition) is 5. The number of hydrogen-bond donors (Lipinski definition) is 1. The molecule has 1 aromatic heterocycles. The van der Waals surface area contributed by atoms with Gasteiger partial charge in [-0.3, -0.25) is 0 Å². The molecule has 0 unspecified atom stereocenters. The van der Waals surface area contributed by atoms with Crippen molar-refractivity contribution in [1.82, 2.24) is 4.98 Å².